The smallest absolute Gasteiger partial charge is 1.00 e. The van der Waals surface area contributed by atoms with Crippen molar-refractivity contribution in [2.75, 3.05) is 14.2 Å². The van der Waals surface area contributed by atoms with E-state index >= 15 is 0 Å². The zero-order chi connectivity index (χ0) is 77.3. The van der Waals surface area contributed by atoms with E-state index in [-0.39, 0.29) is 137 Å². The molecule has 0 saturated carbocycles. The van der Waals surface area contributed by atoms with E-state index in [4.69, 9.17) is 43.1 Å². The summed E-state index contributed by atoms with van der Waals surface area (Å²) in [6.07, 6.45) is 8.74. The van der Waals surface area contributed by atoms with E-state index in [1.165, 1.54) is 108 Å². The predicted octanol–water partition coefficient (Wildman–Crippen LogP) is 11.2. The van der Waals surface area contributed by atoms with Gasteiger partial charge in [-0.3, -0.25) is 24.2 Å². The van der Waals surface area contributed by atoms with Crippen molar-refractivity contribution in [2.45, 2.75) is 39.6 Å². The van der Waals surface area contributed by atoms with Gasteiger partial charge >= 0.3 is 70.4 Å². The number of carbonyl (C=O) groups is 3. The zero-order valence-electron chi connectivity index (χ0n) is 62.3. The first-order valence-electron chi connectivity index (χ1n) is 32.3. The number of ketones is 3. The summed E-state index contributed by atoms with van der Waals surface area (Å²) in [5.74, 6) is 0.125. The van der Waals surface area contributed by atoms with E-state index < -0.39 is 15.6 Å². The van der Waals surface area contributed by atoms with Crippen molar-refractivity contribution in [3.05, 3.63) is 328 Å². The van der Waals surface area contributed by atoms with Crippen molar-refractivity contribution < 1.29 is 172 Å². The Balaban J connectivity index is 0.00000132. The Labute approximate surface area is 710 Å². The quantitative estimate of drug-likeness (QED) is 0.0109. The van der Waals surface area contributed by atoms with Crippen molar-refractivity contribution in [1.29, 1.82) is 0 Å². The molecular formula is C86H78F3Ir2N4Na2O12S-7. The summed E-state index contributed by atoms with van der Waals surface area (Å²) < 4.78 is 58.9. The van der Waals surface area contributed by atoms with Gasteiger partial charge in [-0.2, -0.15) is 13.2 Å². The van der Waals surface area contributed by atoms with E-state index in [0.29, 0.717) is 0 Å². The maximum absolute atomic E-state index is 10.7. The molecule has 0 amide bonds. The number of hydrogen-bond acceptors (Lipinski definition) is 13. The number of halogens is 3. The fraction of sp³-hybridized carbons (Fsp3) is 0.0930. The third-order valence-electron chi connectivity index (χ3n) is 14.3. The number of benzene rings is 10. The Kier molecular flexibility index (Phi) is 48.1. The number of alkyl halides is 3. The number of pyridine rings is 4. The molecule has 4 heterocycles. The minimum Gasteiger partial charge on any atom is -3.00 e. The topological polar surface area (TPSA) is 280 Å². The summed E-state index contributed by atoms with van der Waals surface area (Å²) in [6, 6.07) is 103. The Morgan fingerprint density at radius 3 is 1.19 bits per heavy atom. The van der Waals surface area contributed by atoms with Gasteiger partial charge in [-0.05, 0) is 111 Å². The summed E-state index contributed by atoms with van der Waals surface area (Å²) in [4.78, 5) is 57.5. The molecule has 10 aromatic carbocycles. The third-order valence-corrected chi connectivity index (χ3v) is 14.9. The summed E-state index contributed by atoms with van der Waals surface area (Å²) >= 11 is 0. The molecule has 24 heteroatoms. The van der Waals surface area contributed by atoms with Gasteiger partial charge in [0.1, 0.15) is 25.8 Å². The first kappa shape index (κ1) is 98.7. The SMILES string of the molecule is CC(=O)CC(C)=O.CC(=[OH+])C=C(C)O.C[OH2+].C[OH2+].O=CO[O-].O=S(=O)([O-])C(F)(F)F.[H-].[Ir-3].[Ir-3].[Na+].[Na+].[c-]1cc(-c2ccccc2)ccc1-c1nccc2c1ccc1ccccc12.[c-]1ccccc1-c1ccccn1.[c-]1ccccc1-c1ccccn1.c1ccc(-c2ccc(-c3nccc4c3ccc3ccccc34)cc2)cc1. The van der Waals surface area contributed by atoms with Crippen molar-refractivity contribution in [1.82, 2.24) is 19.9 Å². The standard InChI is InChI=1S/C25H17N.C25H16N.2C11H8N.2C5H8O2.CHF3O3S.CH2O3.2CH4O.2Ir.2Na.H/c2*1-2-6-18(7-3-1)19-10-12-21(13-11-19)25-24-15-14-20-8-4-5-9-22(20)23(24)16-17-26-25;2*1-2-6-10(7-3-1)11-8-4-5-9-12-11;2*1-4(6)3-5(2)7;2-1(3,4)8(5,6)7;2-1-4-3;2*1-2;;;;;/h1-17H;1-12,14-17H;2*1-6,8-9H;3H2,1-2H3;3,6H,1-2H3;(H,5,6,7);1,3H;2*2H,1H3;;;;;/q;3*-1;;;;;;;2*-3;2*+1;-1/p+1. The number of carbonyl (C=O) groups excluding carboxylic acids is 4. The summed E-state index contributed by atoms with van der Waals surface area (Å²) in [5, 5.41) is 38.2. The molecule has 0 aliphatic carbocycles. The summed E-state index contributed by atoms with van der Waals surface area (Å²) in [5.41, 5.74) is 7.37. The molecule has 568 valence electrons. The van der Waals surface area contributed by atoms with E-state index in [2.05, 4.69) is 213 Å². The van der Waals surface area contributed by atoms with Gasteiger partial charge in [0.05, 0.1) is 30.9 Å². The number of aliphatic hydroxyl groups excluding tert-OH is 1. The van der Waals surface area contributed by atoms with Crippen LogP contribution < -0.4 is 64.4 Å². The number of fused-ring (bicyclic) bond motifs is 6. The Bertz CT molecular complexity index is 4810. The molecule has 0 fully saturated rings. The Hall–Kier alpha value is -9.26. The van der Waals surface area contributed by atoms with E-state index in [9.17, 15) is 22.8 Å². The molecule has 0 bridgehead atoms. The van der Waals surface area contributed by atoms with Crippen molar-refractivity contribution in [3.8, 4) is 67.3 Å². The van der Waals surface area contributed by atoms with Gasteiger partial charge in [-0.1, -0.05) is 193 Å². The van der Waals surface area contributed by atoms with Gasteiger partial charge in [0.25, 0.3) is 6.47 Å². The maximum Gasteiger partial charge on any atom is 1.00 e. The number of aliphatic hydroxyl groups is 1. The van der Waals surface area contributed by atoms with Crippen LogP contribution in [0.25, 0.3) is 110 Å². The van der Waals surface area contributed by atoms with Crippen molar-refractivity contribution >= 4 is 77.0 Å². The third kappa shape index (κ3) is 33.1. The minimum absolute atomic E-state index is 0. The Morgan fingerprint density at radius 2 is 0.845 bits per heavy atom. The zero-order valence-corrected chi connectivity index (χ0v) is 70.9. The minimum atomic E-state index is -6.09. The molecule has 16 nitrogen and oxygen atoms in total. The Morgan fingerprint density at radius 1 is 0.473 bits per heavy atom. The molecule has 0 spiro atoms. The molecule has 0 aliphatic heterocycles. The van der Waals surface area contributed by atoms with Gasteiger partial charge in [-0.25, -0.2) is 8.42 Å². The molecule has 14 aromatic rings. The maximum atomic E-state index is 10.7. The van der Waals surface area contributed by atoms with Gasteiger partial charge in [0.15, 0.2) is 10.1 Å². The van der Waals surface area contributed by atoms with Gasteiger partial charge in [0, 0.05) is 35.7 Å². The molecule has 0 saturated heterocycles. The number of nitrogens with zero attached hydrogens (tertiary/aromatic N) is 4. The van der Waals surface area contributed by atoms with Gasteiger partial charge in [0.2, 0.25) is 0 Å². The summed E-state index contributed by atoms with van der Waals surface area (Å²) in [7, 11) is -3.59. The average Bonchev–Trinajstić information content (AvgIpc) is 0.776. The molecule has 14 rings (SSSR count). The van der Waals surface area contributed by atoms with Crippen LogP contribution in [-0.2, 0) is 69.6 Å². The number of allylic oxidation sites excluding steroid dienone is 2. The van der Waals surface area contributed by atoms with E-state index in [0.717, 1.165) is 50.4 Å². The van der Waals surface area contributed by atoms with Gasteiger partial charge in [-0.15, -0.1) is 102 Å². The molecule has 4 aromatic heterocycles. The molecule has 110 heavy (non-hydrogen) atoms. The first-order chi connectivity index (χ1) is 51.1. The van der Waals surface area contributed by atoms with Crippen LogP contribution in [0.4, 0.5) is 13.2 Å². The van der Waals surface area contributed by atoms with Crippen LogP contribution in [0, 0.1) is 18.2 Å². The number of Topliss-reactive ketones (excluding diaryl/α,β-unsaturated/α-hetero) is 2. The average molecular weight is 1880 g/mol. The fourth-order valence-electron chi connectivity index (χ4n) is 9.96. The van der Waals surface area contributed by atoms with Crippen LogP contribution >= 0.6 is 0 Å². The molecular weight excluding hydrogens is 1800 g/mol. The first-order valence-corrected chi connectivity index (χ1v) is 33.7. The van der Waals surface area contributed by atoms with Crippen LogP contribution in [0.2, 0.25) is 0 Å². The normalized spacial score (nSPS) is 9.92. The van der Waals surface area contributed by atoms with Crippen LogP contribution in [0.3, 0.4) is 0 Å². The van der Waals surface area contributed by atoms with E-state index in [1.54, 1.807) is 12.4 Å². The number of hydrogen-bond donors (Lipinski definition) is 1. The second kappa shape index (κ2) is 53.6. The van der Waals surface area contributed by atoms with Crippen LogP contribution in [0.15, 0.2) is 310 Å². The molecule has 0 unspecified atom stereocenters. The monoisotopic (exact) mass is 1880 g/mol. The molecule has 0 atom stereocenters. The van der Waals surface area contributed by atoms with Crippen LogP contribution in [0.5, 0.6) is 0 Å². The van der Waals surface area contributed by atoms with Crippen molar-refractivity contribution in [3.63, 3.8) is 0 Å². The van der Waals surface area contributed by atoms with Crippen LogP contribution in [0.1, 0.15) is 35.5 Å². The summed E-state index contributed by atoms with van der Waals surface area (Å²) in [6.45, 7) is 5.63. The van der Waals surface area contributed by atoms with E-state index in [1.807, 2.05) is 116 Å². The molecule has 6 N–H and O–H groups in total. The largest absolute Gasteiger partial charge is 3.00 e. The second-order valence-electron chi connectivity index (χ2n) is 22.0. The molecule has 0 aliphatic rings. The molecule has 0 radical (unpaired) electrons. The fourth-order valence-corrected chi connectivity index (χ4v) is 9.96. The predicted molar refractivity (Wildman–Crippen MR) is 414 cm³/mol. The van der Waals surface area contributed by atoms with Gasteiger partial charge < -0.3 is 86.6 Å². The number of rotatable bonds is 10. The number of aromatic nitrogens is 4. The van der Waals surface area contributed by atoms with Crippen LogP contribution in [-0.4, -0.2) is 96.6 Å². The van der Waals surface area contributed by atoms with Crippen molar-refractivity contribution in [2.24, 2.45) is 0 Å². The second-order valence-corrected chi connectivity index (χ2v) is 23.3.